The van der Waals surface area contributed by atoms with Gasteiger partial charge in [-0.3, -0.25) is 4.99 Å². The Morgan fingerprint density at radius 3 is 2.73 bits per heavy atom. The maximum Gasteiger partial charge on any atom is 0.191 e. The summed E-state index contributed by atoms with van der Waals surface area (Å²) in [6, 6.07) is 19.3. The van der Waals surface area contributed by atoms with Gasteiger partial charge in [-0.05, 0) is 37.3 Å². The van der Waals surface area contributed by atoms with Gasteiger partial charge < -0.3 is 19.9 Å². The Morgan fingerprint density at radius 2 is 1.94 bits per heavy atom. The number of nitrogens with zero attached hydrogens (tertiary/aromatic N) is 3. The molecule has 6 heteroatoms. The maximum absolute atomic E-state index is 6.17. The van der Waals surface area contributed by atoms with Gasteiger partial charge in [0.2, 0.25) is 0 Å². The Kier molecular flexibility index (Phi) is 8.14. The number of nitrogens with one attached hydrogen (secondary N) is 2. The van der Waals surface area contributed by atoms with E-state index in [1.807, 2.05) is 19.4 Å². The Hall–Kier alpha value is -3.12. The van der Waals surface area contributed by atoms with Crippen LogP contribution in [-0.2, 0) is 24.2 Å². The van der Waals surface area contributed by atoms with Crippen LogP contribution < -0.4 is 10.6 Å². The lowest BCUT2D eigenvalue weighted by Crippen LogP contribution is -2.42. The van der Waals surface area contributed by atoms with E-state index in [0.717, 1.165) is 50.7 Å². The number of aromatic nitrogens is 2. The molecule has 33 heavy (non-hydrogen) atoms. The minimum Gasteiger partial charge on any atom is -0.373 e. The van der Waals surface area contributed by atoms with E-state index in [4.69, 9.17) is 4.74 Å². The highest BCUT2D eigenvalue weighted by Crippen LogP contribution is 2.33. The van der Waals surface area contributed by atoms with Gasteiger partial charge in [0.15, 0.2) is 5.96 Å². The van der Waals surface area contributed by atoms with Gasteiger partial charge in [0.1, 0.15) is 5.82 Å². The quantitative estimate of drug-likeness (QED) is 0.402. The topological polar surface area (TPSA) is 63.5 Å². The highest BCUT2D eigenvalue weighted by Gasteiger charge is 2.27. The van der Waals surface area contributed by atoms with Crippen LogP contribution in [-0.4, -0.2) is 35.7 Å². The second kappa shape index (κ2) is 11.7. The van der Waals surface area contributed by atoms with E-state index in [2.05, 4.69) is 86.7 Å². The Bertz CT molecular complexity index is 1010. The predicted molar refractivity (Wildman–Crippen MR) is 133 cm³/mol. The van der Waals surface area contributed by atoms with Gasteiger partial charge in [-0.2, -0.15) is 0 Å². The first-order chi connectivity index (χ1) is 16.2. The number of hydrogen-bond acceptors (Lipinski definition) is 3. The Balaban J connectivity index is 1.29. The molecule has 2 atom stereocenters. The molecule has 0 amide bonds. The van der Waals surface area contributed by atoms with Crippen molar-refractivity contribution in [3.63, 3.8) is 0 Å². The molecule has 0 spiro atoms. The molecule has 2 N–H and O–H groups in total. The third kappa shape index (κ3) is 6.45. The zero-order valence-corrected chi connectivity index (χ0v) is 19.7. The molecular weight excluding hydrogens is 410 g/mol. The summed E-state index contributed by atoms with van der Waals surface area (Å²) in [4.78, 5) is 8.96. The number of benzene rings is 2. The van der Waals surface area contributed by atoms with Gasteiger partial charge in [0, 0.05) is 45.1 Å². The van der Waals surface area contributed by atoms with Crippen molar-refractivity contribution in [2.24, 2.45) is 10.9 Å². The largest absolute Gasteiger partial charge is 0.373 e. The number of ether oxygens (including phenoxy) is 1. The van der Waals surface area contributed by atoms with Crippen molar-refractivity contribution in [1.29, 1.82) is 0 Å². The van der Waals surface area contributed by atoms with Crippen molar-refractivity contribution in [3.8, 4) is 0 Å². The molecule has 1 aliphatic heterocycles. The van der Waals surface area contributed by atoms with Gasteiger partial charge in [0.05, 0.1) is 12.6 Å². The van der Waals surface area contributed by atoms with Gasteiger partial charge >= 0.3 is 0 Å². The molecule has 4 rings (SSSR count). The molecule has 1 aliphatic rings. The fourth-order valence-corrected chi connectivity index (χ4v) is 4.39. The standard InChI is InChI=1S/C27H35N5O/c1-21-10-12-23(13-11-21)26-24(9-6-18-33-26)19-30-27(28-2)31-20-25-29-15-17-32(25)16-14-22-7-4-3-5-8-22/h3-5,7-8,10-13,15,17,24,26H,6,9,14,16,18-20H2,1-2H3,(H2,28,30,31). The Morgan fingerprint density at radius 1 is 1.12 bits per heavy atom. The van der Waals surface area contributed by atoms with Crippen molar-refractivity contribution < 1.29 is 4.74 Å². The molecular formula is C27H35N5O. The summed E-state index contributed by atoms with van der Waals surface area (Å²) >= 11 is 0. The highest BCUT2D eigenvalue weighted by atomic mass is 16.5. The van der Waals surface area contributed by atoms with Crippen LogP contribution in [0.3, 0.4) is 0 Å². The molecule has 0 radical (unpaired) electrons. The molecule has 2 aromatic carbocycles. The summed E-state index contributed by atoms with van der Waals surface area (Å²) in [6.45, 7) is 5.30. The average molecular weight is 446 g/mol. The molecule has 1 fully saturated rings. The summed E-state index contributed by atoms with van der Waals surface area (Å²) < 4.78 is 8.37. The van der Waals surface area contributed by atoms with Crippen LogP contribution in [0.15, 0.2) is 72.0 Å². The van der Waals surface area contributed by atoms with E-state index < -0.39 is 0 Å². The van der Waals surface area contributed by atoms with E-state index in [9.17, 15) is 0 Å². The lowest BCUT2D eigenvalue weighted by Gasteiger charge is -2.32. The van der Waals surface area contributed by atoms with Crippen molar-refractivity contribution in [2.75, 3.05) is 20.2 Å². The number of hydrogen-bond donors (Lipinski definition) is 2. The second-order valence-electron chi connectivity index (χ2n) is 8.68. The fourth-order valence-electron chi connectivity index (χ4n) is 4.39. The van der Waals surface area contributed by atoms with Gasteiger partial charge in [-0.25, -0.2) is 4.98 Å². The monoisotopic (exact) mass is 445 g/mol. The van der Waals surface area contributed by atoms with Crippen LogP contribution in [0, 0.1) is 12.8 Å². The first-order valence-corrected chi connectivity index (χ1v) is 11.9. The molecule has 6 nitrogen and oxygen atoms in total. The first kappa shape index (κ1) is 23.1. The van der Waals surface area contributed by atoms with Crippen molar-refractivity contribution in [1.82, 2.24) is 20.2 Å². The lowest BCUT2D eigenvalue weighted by molar-refractivity contribution is -0.0265. The Labute approximate surface area is 197 Å². The van der Waals surface area contributed by atoms with Gasteiger partial charge in [0.25, 0.3) is 0 Å². The van der Waals surface area contributed by atoms with Gasteiger partial charge in [-0.15, -0.1) is 0 Å². The summed E-state index contributed by atoms with van der Waals surface area (Å²) in [5.74, 6) is 2.21. The molecule has 174 valence electrons. The zero-order valence-electron chi connectivity index (χ0n) is 19.7. The van der Waals surface area contributed by atoms with Crippen LogP contribution in [0.5, 0.6) is 0 Å². The first-order valence-electron chi connectivity index (χ1n) is 11.9. The predicted octanol–water partition coefficient (Wildman–Crippen LogP) is 4.27. The van der Waals surface area contributed by atoms with Crippen LogP contribution >= 0.6 is 0 Å². The maximum atomic E-state index is 6.17. The molecule has 1 saturated heterocycles. The molecule has 2 unspecified atom stereocenters. The van der Waals surface area contributed by atoms with Crippen LogP contribution in [0.4, 0.5) is 0 Å². The van der Waals surface area contributed by atoms with Crippen LogP contribution in [0.2, 0.25) is 0 Å². The highest BCUT2D eigenvalue weighted by molar-refractivity contribution is 5.79. The zero-order chi connectivity index (χ0) is 22.9. The number of aryl methyl sites for hydroxylation is 3. The van der Waals surface area contributed by atoms with Crippen LogP contribution in [0.1, 0.15) is 41.5 Å². The van der Waals surface area contributed by atoms with Gasteiger partial charge in [-0.1, -0.05) is 60.2 Å². The van der Waals surface area contributed by atoms with Crippen molar-refractivity contribution in [3.05, 3.63) is 89.5 Å². The summed E-state index contributed by atoms with van der Waals surface area (Å²) in [7, 11) is 1.81. The van der Waals surface area contributed by atoms with E-state index in [1.54, 1.807) is 0 Å². The molecule has 0 saturated carbocycles. The average Bonchev–Trinajstić information content (AvgIpc) is 3.32. The number of imidazole rings is 1. The third-order valence-electron chi connectivity index (χ3n) is 6.31. The van der Waals surface area contributed by atoms with E-state index in [-0.39, 0.29) is 6.10 Å². The smallest absolute Gasteiger partial charge is 0.191 e. The van der Waals surface area contributed by atoms with E-state index in [1.165, 1.54) is 16.7 Å². The minimum absolute atomic E-state index is 0.127. The normalized spacial score (nSPS) is 18.8. The van der Waals surface area contributed by atoms with Crippen molar-refractivity contribution >= 4 is 5.96 Å². The number of guanidine groups is 1. The summed E-state index contributed by atoms with van der Waals surface area (Å²) in [5, 5.41) is 6.94. The summed E-state index contributed by atoms with van der Waals surface area (Å²) in [6.07, 6.45) is 7.26. The second-order valence-corrected chi connectivity index (χ2v) is 8.68. The van der Waals surface area contributed by atoms with E-state index in [0.29, 0.717) is 12.5 Å². The molecule has 0 aliphatic carbocycles. The SMILES string of the molecule is CN=C(NCc1nccn1CCc1ccccc1)NCC1CCCOC1c1ccc(C)cc1. The number of aliphatic imine (C=N–C) groups is 1. The molecule has 2 heterocycles. The lowest BCUT2D eigenvalue weighted by atomic mass is 9.89. The molecule has 0 bridgehead atoms. The van der Waals surface area contributed by atoms with Crippen LogP contribution in [0.25, 0.3) is 0 Å². The minimum atomic E-state index is 0.127. The molecule has 3 aromatic rings. The number of rotatable bonds is 8. The van der Waals surface area contributed by atoms with E-state index >= 15 is 0 Å². The van der Waals surface area contributed by atoms with Crippen molar-refractivity contribution in [2.45, 2.75) is 45.4 Å². The molecule has 1 aromatic heterocycles. The fraction of sp³-hybridized carbons (Fsp3) is 0.407. The summed E-state index contributed by atoms with van der Waals surface area (Å²) in [5.41, 5.74) is 3.87. The third-order valence-corrected chi connectivity index (χ3v) is 6.31.